The van der Waals surface area contributed by atoms with Crippen LogP contribution in [0, 0.1) is 12.8 Å². The second-order valence-electron chi connectivity index (χ2n) is 6.21. The number of hydrogen-bond acceptors (Lipinski definition) is 4. The summed E-state index contributed by atoms with van der Waals surface area (Å²) in [5.41, 5.74) is 0.924. The minimum atomic E-state index is 0.0909. The molecule has 1 aliphatic heterocycles. The molecule has 1 saturated heterocycles. The van der Waals surface area contributed by atoms with Crippen LogP contribution in [0.3, 0.4) is 0 Å². The highest BCUT2D eigenvalue weighted by Gasteiger charge is 2.38. The van der Waals surface area contributed by atoms with Crippen molar-refractivity contribution in [2.45, 2.75) is 19.3 Å². The van der Waals surface area contributed by atoms with E-state index in [-0.39, 0.29) is 17.7 Å². The number of aromatic nitrogens is 3. The molecule has 0 unspecified atom stereocenters. The smallest absolute Gasteiger partial charge is 0.227 e. The number of carbonyl (C=O) groups is 1. The molecule has 1 fully saturated rings. The van der Waals surface area contributed by atoms with Crippen molar-refractivity contribution in [1.82, 2.24) is 20.1 Å². The molecule has 3 rings (SSSR count). The lowest BCUT2D eigenvalue weighted by Gasteiger charge is -2.16. The molecule has 128 valence electrons. The van der Waals surface area contributed by atoms with E-state index in [2.05, 4.69) is 15.2 Å². The summed E-state index contributed by atoms with van der Waals surface area (Å²) < 4.78 is 5.33. The zero-order valence-corrected chi connectivity index (χ0v) is 14.6. The predicted molar refractivity (Wildman–Crippen MR) is 91.0 cm³/mol. The van der Waals surface area contributed by atoms with Crippen molar-refractivity contribution in [3.8, 4) is 0 Å². The van der Waals surface area contributed by atoms with Crippen molar-refractivity contribution in [3.63, 3.8) is 0 Å². The molecule has 1 N–H and O–H groups in total. The SMILES string of the molecule is COC[C@@H]1CN(C(=O)Cc2cccc(Cl)c2)C[C@H]1c1n[nH]c(C)n1. The maximum atomic E-state index is 12.7. The number of aryl methyl sites for hydroxylation is 1. The number of benzene rings is 1. The van der Waals surface area contributed by atoms with E-state index in [1.807, 2.05) is 36.1 Å². The first-order valence-corrected chi connectivity index (χ1v) is 8.34. The van der Waals surface area contributed by atoms with Gasteiger partial charge in [-0.05, 0) is 24.6 Å². The van der Waals surface area contributed by atoms with E-state index in [1.54, 1.807) is 7.11 Å². The normalized spacial score (nSPS) is 20.5. The zero-order chi connectivity index (χ0) is 17.1. The number of ether oxygens (including phenoxy) is 1. The quantitative estimate of drug-likeness (QED) is 0.899. The molecule has 0 saturated carbocycles. The number of methoxy groups -OCH3 is 1. The second kappa shape index (κ2) is 7.32. The molecule has 1 aliphatic rings. The maximum Gasteiger partial charge on any atom is 0.227 e. The fourth-order valence-corrected chi connectivity index (χ4v) is 3.42. The Morgan fingerprint density at radius 1 is 1.46 bits per heavy atom. The van der Waals surface area contributed by atoms with Crippen LogP contribution in [-0.2, 0) is 16.0 Å². The molecule has 2 atom stereocenters. The van der Waals surface area contributed by atoms with Gasteiger partial charge in [0, 0.05) is 37.1 Å². The molecule has 7 heteroatoms. The first kappa shape index (κ1) is 16.9. The van der Waals surface area contributed by atoms with Gasteiger partial charge in [0.25, 0.3) is 0 Å². The van der Waals surface area contributed by atoms with Crippen LogP contribution in [0.15, 0.2) is 24.3 Å². The molecule has 2 heterocycles. The number of amides is 1. The molecule has 0 aliphatic carbocycles. The van der Waals surface area contributed by atoms with Gasteiger partial charge in [0.2, 0.25) is 5.91 Å². The van der Waals surface area contributed by atoms with E-state index in [9.17, 15) is 4.79 Å². The number of nitrogens with one attached hydrogen (secondary N) is 1. The van der Waals surface area contributed by atoms with Crippen LogP contribution >= 0.6 is 11.6 Å². The number of likely N-dealkylation sites (tertiary alicyclic amines) is 1. The van der Waals surface area contributed by atoms with Gasteiger partial charge in [-0.25, -0.2) is 4.98 Å². The summed E-state index contributed by atoms with van der Waals surface area (Å²) in [4.78, 5) is 19.0. The Balaban J connectivity index is 1.71. The summed E-state index contributed by atoms with van der Waals surface area (Å²) in [7, 11) is 1.68. The number of halogens is 1. The largest absolute Gasteiger partial charge is 0.384 e. The van der Waals surface area contributed by atoms with Crippen LogP contribution in [0.4, 0.5) is 0 Å². The third-order valence-electron chi connectivity index (χ3n) is 4.36. The third kappa shape index (κ3) is 3.76. The van der Waals surface area contributed by atoms with Crippen molar-refractivity contribution in [1.29, 1.82) is 0 Å². The Hall–Kier alpha value is -1.92. The predicted octanol–water partition coefficient (Wildman–Crippen LogP) is 2.20. The average Bonchev–Trinajstić information content (AvgIpc) is 3.14. The molecule has 1 aromatic carbocycles. The van der Waals surface area contributed by atoms with Crippen LogP contribution in [0.25, 0.3) is 0 Å². The number of H-pyrrole nitrogens is 1. The Morgan fingerprint density at radius 3 is 2.96 bits per heavy atom. The van der Waals surface area contributed by atoms with Gasteiger partial charge in [-0.1, -0.05) is 23.7 Å². The van der Waals surface area contributed by atoms with Gasteiger partial charge in [0.15, 0.2) is 5.82 Å². The van der Waals surface area contributed by atoms with E-state index in [1.165, 1.54) is 0 Å². The summed E-state index contributed by atoms with van der Waals surface area (Å²) in [5, 5.41) is 7.80. The van der Waals surface area contributed by atoms with E-state index in [0.29, 0.717) is 31.1 Å². The zero-order valence-electron chi connectivity index (χ0n) is 13.8. The van der Waals surface area contributed by atoms with Crippen molar-refractivity contribution < 1.29 is 9.53 Å². The molecule has 0 spiro atoms. The number of hydrogen-bond donors (Lipinski definition) is 1. The number of rotatable bonds is 5. The fraction of sp³-hybridized carbons (Fsp3) is 0.471. The number of aromatic amines is 1. The minimum Gasteiger partial charge on any atom is -0.384 e. The lowest BCUT2D eigenvalue weighted by atomic mass is 9.96. The van der Waals surface area contributed by atoms with E-state index in [0.717, 1.165) is 17.2 Å². The molecule has 6 nitrogen and oxygen atoms in total. The van der Waals surface area contributed by atoms with Gasteiger partial charge < -0.3 is 9.64 Å². The number of carbonyl (C=O) groups excluding carboxylic acids is 1. The molecule has 1 aromatic heterocycles. The molecule has 24 heavy (non-hydrogen) atoms. The summed E-state index contributed by atoms with van der Waals surface area (Å²) >= 11 is 6.00. The maximum absolute atomic E-state index is 12.7. The lowest BCUT2D eigenvalue weighted by molar-refractivity contribution is -0.129. The molecule has 1 amide bonds. The minimum absolute atomic E-state index is 0.0909. The van der Waals surface area contributed by atoms with Crippen molar-refractivity contribution >= 4 is 17.5 Å². The summed E-state index contributed by atoms with van der Waals surface area (Å²) in [6.45, 7) is 3.73. The van der Waals surface area contributed by atoms with Gasteiger partial charge in [0.05, 0.1) is 13.0 Å². The summed E-state index contributed by atoms with van der Waals surface area (Å²) in [6.07, 6.45) is 0.347. The van der Waals surface area contributed by atoms with E-state index in [4.69, 9.17) is 16.3 Å². The van der Waals surface area contributed by atoms with Gasteiger partial charge in [-0.2, -0.15) is 5.10 Å². The lowest BCUT2D eigenvalue weighted by Crippen LogP contribution is -2.30. The van der Waals surface area contributed by atoms with Gasteiger partial charge in [-0.15, -0.1) is 0 Å². The van der Waals surface area contributed by atoms with E-state index < -0.39 is 0 Å². The van der Waals surface area contributed by atoms with Crippen LogP contribution in [-0.4, -0.2) is 52.8 Å². The fourth-order valence-electron chi connectivity index (χ4n) is 3.21. The van der Waals surface area contributed by atoms with E-state index >= 15 is 0 Å². The average molecular weight is 349 g/mol. The van der Waals surface area contributed by atoms with Crippen LogP contribution in [0.5, 0.6) is 0 Å². The van der Waals surface area contributed by atoms with Crippen LogP contribution in [0.2, 0.25) is 5.02 Å². The molecule has 2 aromatic rings. The van der Waals surface area contributed by atoms with Gasteiger partial charge in [-0.3, -0.25) is 9.89 Å². The van der Waals surface area contributed by atoms with Crippen molar-refractivity contribution in [2.75, 3.05) is 26.8 Å². The summed E-state index contributed by atoms with van der Waals surface area (Å²) in [5.74, 6) is 1.93. The Morgan fingerprint density at radius 2 is 2.29 bits per heavy atom. The molecule has 0 bridgehead atoms. The molecular weight excluding hydrogens is 328 g/mol. The second-order valence-corrected chi connectivity index (χ2v) is 6.64. The topological polar surface area (TPSA) is 71.1 Å². The van der Waals surface area contributed by atoms with Gasteiger partial charge >= 0.3 is 0 Å². The highest BCUT2D eigenvalue weighted by molar-refractivity contribution is 6.30. The third-order valence-corrected chi connectivity index (χ3v) is 4.60. The number of nitrogens with zero attached hydrogens (tertiary/aromatic N) is 3. The van der Waals surface area contributed by atoms with Gasteiger partial charge in [0.1, 0.15) is 5.82 Å². The Labute approximate surface area is 146 Å². The first-order valence-electron chi connectivity index (χ1n) is 7.97. The highest BCUT2D eigenvalue weighted by Crippen LogP contribution is 2.31. The molecule has 0 radical (unpaired) electrons. The van der Waals surface area contributed by atoms with Crippen molar-refractivity contribution in [2.24, 2.45) is 5.92 Å². The van der Waals surface area contributed by atoms with Crippen molar-refractivity contribution in [3.05, 3.63) is 46.5 Å². The monoisotopic (exact) mass is 348 g/mol. The summed E-state index contributed by atoms with van der Waals surface area (Å²) in [6, 6.07) is 7.42. The Kier molecular flexibility index (Phi) is 5.16. The molecular formula is C17H21ClN4O2. The van der Waals surface area contributed by atoms with Crippen LogP contribution in [0.1, 0.15) is 23.1 Å². The Bertz CT molecular complexity index is 718. The highest BCUT2D eigenvalue weighted by atomic mass is 35.5. The standard InChI is InChI=1S/C17H21ClN4O2/c1-11-19-17(21-20-11)15-9-22(8-13(15)10-24-2)16(23)7-12-4-3-5-14(18)6-12/h3-6,13,15H,7-10H2,1-2H3,(H,19,20,21)/t13-,15+/m0/s1. The first-order chi connectivity index (χ1) is 11.6. The van der Waals surface area contributed by atoms with Crippen LogP contribution < -0.4 is 0 Å².